The Kier molecular flexibility index (Phi) is 6.23. The molecule has 0 radical (unpaired) electrons. The summed E-state index contributed by atoms with van der Waals surface area (Å²) >= 11 is 3.10. The van der Waals surface area contributed by atoms with Gasteiger partial charge in [0, 0.05) is 36.9 Å². The van der Waals surface area contributed by atoms with Gasteiger partial charge in [-0.05, 0) is 42.8 Å². The summed E-state index contributed by atoms with van der Waals surface area (Å²) in [5, 5.41) is 0. The van der Waals surface area contributed by atoms with Crippen LogP contribution >= 0.6 is 15.9 Å². The van der Waals surface area contributed by atoms with Crippen molar-refractivity contribution in [2.75, 3.05) is 26.2 Å². The van der Waals surface area contributed by atoms with Gasteiger partial charge in [0.2, 0.25) is 20.0 Å². The zero-order valence-electron chi connectivity index (χ0n) is 17.1. The van der Waals surface area contributed by atoms with Crippen LogP contribution in [0.5, 0.6) is 0 Å². The fraction of sp³-hybridized carbons (Fsp3) is 0.400. The summed E-state index contributed by atoms with van der Waals surface area (Å²) in [6.45, 7) is 1.66. The molecule has 2 aliphatic heterocycles. The topological polar surface area (TPSA) is 84.0 Å². The van der Waals surface area contributed by atoms with Gasteiger partial charge < -0.3 is 4.74 Å². The van der Waals surface area contributed by atoms with Crippen LogP contribution in [-0.2, 0) is 24.8 Å². The average molecular weight is 551 g/mol. The van der Waals surface area contributed by atoms with Crippen LogP contribution in [0.4, 0.5) is 8.78 Å². The first-order valence-corrected chi connectivity index (χ1v) is 13.5. The van der Waals surface area contributed by atoms with Crippen molar-refractivity contribution < 1.29 is 30.4 Å². The number of piperidine rings is 1. The lowest BCUT2D eigenvalue weighted by molar-refractivity contribution is -0.0807. The number of benzene rings is 2. The van der Waals surface area contributed by atoms with E-state index in [4.69, 9.17) is 4.74 Å². The predicted molar refractivity (Wildman–Crippen MR) is 116 cm³/mol. The van der Waals surface area contributed by atoms with Crippen LogP contribution in [0.15, 0.2) is 50.7 Å². The fourth-order valence-electron chi connectivity index (χ4n) is 4.16. The number of nitrogens with zero attached hydrogens (tertiary/aromatic N) is 2. The molecule has 0 saturated carbocycles. The smallest absolute Gasteiger partial charge is 0.248 e. The molecule has 7 nitrogen and oxygen atoms in total. The van der Waals surface area contributed by atoms with Gasteiger partial charge in [-0.15, -0.1) is 0 Å². The lowest BCUT2D eigenvalue weighted by atomic mass is 10.0. The molecule has 0 atom stereocenters. The van der Waals surface area contributed by atoms with Crippen molar-refractivity contribution >= 4 is 36.0 Å². The van der Waals surface area contributed by atoms with Crippen LogP contribution in [0.1, 0.15) is 18.4 Å². The predicted octanol–water partition coefficient (Wildman–Crippen LogP) is 3.24. The largest absolute Gasteiger partial charge is 0.358 e. The summed E-state index contributed by atoms with van der Waals surface area (Å²) < 4.78 is 89.6. The molecule has 1 spiro atoms. The first-order valence-electron chi connectivity index (χ1n) is 9.86. The van der Waals surface area contributed by atoms with Gasteiger partial charge in [-0.3, -0.25) is 0 Å². The Morgan fingerprint density at radius 1 is 0.906 bits per heavy atom. The monoisotopic (exact) mass is 550 g/mol. The van der Waals surface area contributed by atoms with E-state index in [1.165, 1.54) is 24.3 Å². The van der Waals surface area contributed by atoms with Crippen molar-refractivity contribution in [2.45, 2.75) is 35.3 Å². The van der Waals surface area contributed by atoms with E-state index in [1.807, 2.05) is 0 Å². The number of halogens is 3. The molecule has 2 heterocycles. The Balaban J connectivity index is 1.59. The van der Waals surface area contributed by atoms with Gasteiger partial charge in [0.1, 0.15) is 27.2 Å². The van der Waals surface area contributed by atoms with Gasteiger partial charge in [-0.2, -0.15) is 8.61 Å². The molecule has 2 fully saturated rings. The van der Waals surface area contributed by atoms with Crippen LogP contribution in [-0.4, -0.2) is 57.4 Å². The van der Waals surface area contributed by atoms with Gasteiger partial charge in [-0.1, -0.05) is 22.0 Å². The normalized spacial score (nSPS) is 20.1. The maximum atomic E-state index is 14.5. The fourth-order valence-corrected chi connectivity index (χ4v) is 7.75. The van der Waals surface area contributed by atoms with Crippen molar-refractivity contribution in [1.29, 1.82) is 0 Å². The van der Waals surface area contributed by atoms with Crippen molar-refractivity contribution in [2.24, 2.45) is 0 Å². The number of sulfonamides is 2. The second-order valence-corrected chi connectivity index (χ2v) is 12.4. The van der Waals surface area contributed by atoms with Gasteiger partial charge in [0.15, 0.2) is 0 Å². The van der Waals surface area contributed by atoms with Crippen LogP contribution in [0, 0.1) is 18.6 Å². The van der Waals surface area contributed by atoms with Crippen molar-refractivity contribution in [1.82, 2.24) is 8.61 Å². The molecule has 174 valence electrons. The molecule has 4 rings (SSSR count). The molecule has 2 aliphatic rings. The van der Waals surface area contributed by atoms with Gasteiger partial charge in [0.25, 0.3) is 0 Å². The molecule has 0 unspecified atom stereocenters. The molecule has 2 aromatic rings. The SMILES string of the molecule is Cc1ccc(S(=O)(=O)N2CCOC23CCN(S(=O)(=O)c2ccc(Br)cc2F)CC3)c(F)c1. The second-order valence-electron chi connectivity index (χ2n) is 7.78. The zero-order chi connectivity index (χ0) is 23.3. The maximum Gasteiger partial charge on any atom is 0.248 e. The molecule has 0 aliphatic carbocycles. The van der Waals surface area contributed by atoms with Crippen molar-refractivity contribution in [3.63, 3.8) is 0 Å². The van der Waals surface area contributed by atoms with E-state index in [0.717, 1.165) is 20.7 Å². The van der Waals surface area contributed by atoms with Crippen LogP contribution in [0.3, 0.4) is 0 Å². The van der Waals surface area contributed by atoms with Crippen molar-refractivity contribution in [3.05, 3.63) is 58.1 Å². The summed E-state index contributed by atoms with van der Waals surface area (Å²) in [5.41, 5.74) is -0.687. The van der Waals surface area contributed by atoms with E-state index < -0.39 is 47.2 Å². The Labute approximate surface area is 194 Å². The summed E-state index contributed by atoms with van der Waals surface area (Å²) in [5.74, 6) is -1.73. The Morgan fingerprint density at radius 3 is 2.12 bits per heavy atom. The number of rotatable bonds is 4. The zero-order valence-corrected chi connectivity index (χ0v) is 20.3. The summed E-state index contributed by atoms with van der Waals surface area (Å²) in [7, 11) is -8.33. The molecule has 2 saturated heterocycles. The second kappa shape index (κ2) is 8.41. The molecule has 12 heteroatoms. The Bertz CT molecular complexity index is 1260. The molecular weight excluding hydrogens is 530 g/mol. The Hall–Kier alpha value is -1.44. The number of aryl methyl sites for hydroxylation is 1. The molecular formula is C20H21BrF2N2O5S2. The number of hydrogen-bond acceptors (Lipinski definition) is 5. The highest BCUT2D eigenvalue weighted by molar-refractivity contribution is 9.10. The highest BCUT2D eigenvalue weighted by Crippen LogP contribution is 2.40. The summed E-state index contributed by atoms with van der Waals surface area (Å²) in [6.07, 6.45) is 0.0776. The molecule has 0 bridgehead atoms. The highest BCUT2D eigenvalue weighted by Gasteiger charge is 2.52. The van der Waals surface area contributed by atoms with Crippen LogP contribution in [0.2, 0.25) is 0 Å². The molecule has 32 heavy (non-hydrogen) atoms. The van der Waals surface area contributed by atoms with E-state index in [9.17, 15) is 25.6 Å². The van der Waals surface area contributed by atoms with E-state index >= 15 is 0 Å². The van der Waals surface area contributed by atoms with E-state index in [2.05, 4.69) is 15.9 Å². The molecule has 0 N–H and O–H groups in total. The lowest BCUT2D eigenvalue weighted by Crippen LogP contribution is -2.55. The minimum absolute atomic E-state index is 0.0315. The van der Waals surface area contributed by atoms with E-state index in [1.54, 1.807) is 6.92 Å². The van der Waals surface area contributed by atoms with Gasteiger partial charge >= 0.3 is 0 Å². The molecule has 0 amide bonds. The van der Waals surface area contributed by atoms with Crippen molar-refractivity contribution in [3.8, 4) is 0 Å². The summed E-state index contributed by atoms with van der Waals surface area (Å²) in [6, 6.07) is 7.58. The maximum absolute atomic E-state index is 14.5. The minimum atomic E-state index is -4.21. The quantitative estimate of drug-likeness (QED) is 0.583. The Morgan fingerprint density at radius 2 is 1.50 bits per heavy atom. The van der Waals surface area contributed by atoms with E-state index in [0.29, 0.717) is 10.0 Å². The first-order chi connectivity index (χ1) is 15.0. The van der Waals surface area contributed by atoms with Crippen LogP contribution in [0.25, 0.3) is 0 Å². The third-order valence-corrected chi connectivity index (χ3v) is 10.2. The summed E-state index contributed by atoms with van der Waals surface area (Å²) in [4.78, 5) is -0.893. The standard InChI is InChI=1S/C20H21BrF2N2O5S2/c1-14-2-4-19(16(22)12-14)32(28,29)25-10-11-30-20(25)6-8-24(9-7-20)31(26,27)18-5-3-15(21)13-17(18)23/h2-5,12-13H,6-11H2,1H3. The molecule has 2 aromatic carbocycles. The number of ether oxygens (including phenoxy) is 1. The number of hydrogen-bond donors (Lipinski definition) is 0. The highest BCUT2D eigenvalue weighted by atomic mass is 79.9. The van der Waals surface area contributed by atoms with E-state index in [-0.39, 0.29) is 39.1 Å². The average Bonchev–Trinajstić information content (AvgIpc) is 3.11. The van der Waals surface area contributed by atoms with Gasteiger partial charge in [0.05, 0.1) is 6.61 Å². The minimum Gasteiger partial charge on any atom is -0.358 e. The third kappa shape index (κ3) is 4.01. The third-order valence-electron chi connectivity index (χ3n) is 5.79. The molecule has 0 aromatic heterocycles. The van der Waals surface area contributed by atoms with Gasteiger partial charge in [-0.25, -0.2) is 25.6 Å². The first kappa shape index (κ1) is 23.7. The van der Waals surface area contributed by atoms with Crippen LogP contribution < -0.4 is 0 Å². The lowest BCUT2D eigenvalue weighted by Gasteiger charge is -2.42.